The van der Waals surface area contributed by atoms with E-state index in [2.05, 4.69) is 10.0 Å². The molecule has 0 fully saturated rings. The van der Waals surface area contributed by atoms with Crippen molar-refractivity contribution in [3.05, 3.63) is 131 Å². The van der Waals surface area contributed by atoms with Crippen molar-refractivity contribution in [1.82, 2.24) is 14.9 Å². The van der Waals surface area contributed by atoms with E-state index in [1.165, 1.54) is 24.3 Å². The molecule has 0 aliphatic carbocycles. The standard InChI is InChI=1S/C36H40FN3O5S/c1-3-39-46(43,44)33-20-13-27(14-21-33)15-22-35(41)40(26-30-9-16-31(37)17-10-30)34(25-29-7-5-4-6-8-29)36(42)38-24-23-28-11-18-32(45-2)19-12-28/h4-14,16-21,34,39H,3,15,22-26H2,1-2H3,(H,38,42). The highest BCUT2D eigenvalue weighted by Gasteiger charge is 2.30. The number of rotatable bonds is 16. The van der Waals surface area contributed by atoms with E-state index in [1.807, 2.05) is 54.6 Å². The molecule has 0 saturated heterocycles. The van der Waals surface area contributed by atoms with Crippen LogP contribution in [0.25, 0.3) is 0 Å². The maximum Gasteiger partial charge on any atom is 0.243 e. The molecule has 242 valence electrons. The van der Waals surface area contributed by atoms with Gasteiger partial charge in [-0.15, -0.1) is 0 Å². The predicted octanol–water partition coefficient (Wildman–Crippen LogP) is 5.06. The molecule has 46 heavy (non-hydrogen) atoms. The van der Waals surface area contributed by atoms with Gasteiger partial charge in [0.25, 0.3) is 0 Å². The van der Waals surface area contributed by atoms with Crippen LogP contribution in [0.4, 0.5) is 4.39 Å². The van der Waals surface area contributed by atoms with Gasteiger partial charge in [0.2, 0.25) is 21.8 Å². The summed E-state index contributed by atoms with van der Waals surface area (Å²) in [5.41, 5.74) is 3.40. The van der Waals surface area contributed by atoms with Gasteiger partial charge in [-0.3, -0.25) is 9.59 Å². The van der Waals surface area contributed by atoms with Crippen molar-refractivity contribution >= 4 is 21.8 Å². The van der Waals surface area contributed by atoms with Crippen molar-refractivity contribution in [3.63, 3.8) is 0 Å². The monoisotopic (exact) mass is 645 g/mol. The molecule has 0 bridgehead atoms. The zero-order chi connectivity index (χ0) is 32.9. The van der Waals surface area contributed by atoms with Gasteiger partial charge in [-0.2, -0.15) is 0 Å². The van der Waals surface area contributed by atoms with Gasteiger partial charge in [-0.1, -0.05) is 73.7 Å². The molecule has 0 aliphatic rings. The Labute approximate surface area is 270 Å². The Bertz CT molecular complexity index is 1660. The molecular formula is C36H40FN3O5S. The van der Waals surface area contributed by atoms with Crippen LogP contribution in [0.2, 0.25) is 0 Å². The highest BCUT2D eigenvalue weighted by atomic mass is 32.2. The van der Waals surface area contributed by atoms with E-state index in [-0.39, 0.29) is 36.2 Å². The van der Waals surface area contributed by atoms with E-state index in [9.17, 15) is 22.4 Å². The lowest BCUT2D eigenvalue weighted by Gasteiger charge is -2.32. The number of aryl methyl sites for hydroxylation is 1. The third-order valence-electron chi connectivity index (χ3n) is 7.60. The molecule has 4 aromatic rings. The molecule has 0 aliphatic heterocycles. The minimum Gasteiger partial charge on any atom is -0.497 e. The second-order valence-corrected chi connectivity index (χ2v) is 12.7. The number of methoxy groups -OCH3 is 1. The van der Waals surface area contributed by atoms with Crippen LogP contribution in [0.15, 0.2) is 108 Å². The van der Waals surface area contributed by atoms with Crippen molar-refractivity contribution < 1.29 is 27.1 Å². The van der Waals surface area contributed by atoms with Crippen LogP contribution in [0.1, 0.15) is 35.6 Å². The lowest BCUT2D eigenvalue weighted by atomic mass is 10.0. The van der Waals surface area contributed by atoms with Crippen molar-refractivity contribution in [2.75, 3.05) is 20.2 Å². The Balaban J connectivity index is 1.55. The molecule has 0 spiro atoms. The molecule has 2 amide bonds. The highest BCUT2D eigenvalue weighted by Crippen LogP contribution is 2.19. The topological polar surface area (TPSA) is 105 Å². The van der Waals surface area contributed by atoms with E-state index in [1.54, 1.807) is 43.2 Å². The molecule has 4 rings (SSSR count). The number of nitrogens with one attached hydrogen (secondary N) is 2. The van der Waals surface area contributed by atoms with E-state index >= 15 is 0 Å². The molecule has 0 radical (unpaired) electrons. The predicted molar refractivity (Wildman–Crippen MR) is 176 cm³/mol. The molecule has 4 aromatic carbocycles. The molecule has 0 aromatic heterocycles. The van der Waals surface area contributed by atoms with Crippen LogP contribution in [0.5, 0.6) is 5.75 Å². The van der Waals surface area contributed by atoms with Crippen LogP contribution in [0, 0.1) is 5.82 Å². The number of hydrogen-bond acceptors (Lipinski definition) is 5. The summed E-state index contributed by atoms with van der Waals surface area (Å²) < 4.78 is 46.1. The van der Waals surface area contributed by atoms with Crippen LogP contribution >= 0.6 is 0 Å². The third-order valence-corrected chi connectivity index (χ3v) is 9.17. The van der Waals surface area contributed by atoms with Crippen LogP contribution in [-0.2, 0) is 45.4 Å². The summed E-state index contributed by atoms with van der Waals surface area (Å²) in [6.07, 6.45) is 1.32. The SMILES string of the molecule is CCNS(=O)(=O)c1ccc(CCC(=O)N(Cc2ccc(F)cc2)C(Cc2ccccc2)C(=O)NCCc2ccc(OC)cc2)cc1. The lowest BCUT2D eigenvalue weighted by molar-refractivity contribution is -0.141. The van der Waals surface area contributed by atoms with Gasteiger partial charge in [-0.05, 0) is 71.5 Å². The van der Waals surface area contributed by atoms with E-state index in [0.29, 0.717) is 31.4 Å². The Morgan fingerprint density at radius 1 is 0.804 bits per heavy atom. The lowest BCUT2D eigenvalue weighted by Crippen LogP contribution is -2.50. The molecule has 1 unspecified atom stereocenters. The Hall–Kier alpha value is -4.54. The average molecular weight is 646 g/mol. The minimum absolute atomic E-state index is 0.0882. The van der Waals surface area contributed by atoms with Crippen molar-refractivity contribution in [1.29, 1.82) is 0 Å². The van der Waals surface area contributed by atoms with Crippen LogP contribution in [-0.4, -0.2) is 51.4 Å². The van der Waals surface area contributed by atoms with E-state index in [0.717, 1.165) is 22.4 Å². The van der Waals surface area contributed by atoms with E-state index in [4.69, 9.17) is 4.74 Å². The van der Waals surface area contributed by atoms with Gasteiger partial charge in [0, 0.05) is 32.5 Å². The number of benzene rings is 4. The average Bonchev–Trinajstić information content (AvgIpc) is 3.07. The molecule has 2 N–H and O–H groups in total. The van der Waals surface area contributed by atoms with Crippen molar-refractivity contribution in [2.45, 2.75) is 50.1 Å². The molecule has 0 heterocycles. The smallest absolute Gasteiger partial charge is 0.243 e. The first-order valence-corrected chi connectivity index (χ1v) is 16.7. The number of halogens is 1. The van der Waals surface area contributed by atoms with Gasteiger partial charge in [-0.25, -0.2) is 17.5 Å². The third kappa shape index (κ3) is 9.98. The van der Waals surface area contributed by atoms with Crippen molar-refractivity contribution in [2.24, 2.45) is 0 Å². The fourth-order valence-corrected chi connectivity index (χ4v) is 6.13. The Morgan fingerprint density at radius 3 is 2.04 bits per heavy atom. The Kier molecular flexibility index (Phi) is 12.4. The normalized spacial score (nSPS) is 11.9. The van der Waals surface area contributed by atoms with E-state index < -0.39 is 21.9 Å². The molecular weight excluding hydrogens is 605 g/mol. The maximum atomic E-state index is 13.9. The van der Waals surface area contributed by atoms with Gasteiger partial charge in [0.05, 0.1) is 12.0 Å². The number of amides is 2. The zero-order valence-electron chi connectivity index (χ0n) is 26.1. The summed E-state index contributed by atoms with van der Waals surface area (Å²) in [5.74, 6) is -0.177. The maximum absolute atomic E-state index is 13.9. The number of carbonyl (C=O) groups is 2. The number of nitrogens with zero attached hydrogens (tertiary/aromatic N) is 1. The van der Waals surface area contributed by atoms with Gasteiger partial charge in [0.15, 0.2) is 0 Å². The first kappa shape index (κ1) is 34.3. The summed E-state index contributed by atoms with van der Waals surface area (Å²) in [7, 11) is -1.98. The molecule has 10 heteroatoms. The molecule has 0 saturated carbocycles. The molecule has 8 nitrogen and oxygen atoms in total. The quantitative estimate of drug-likeness (QED) is 0.177. The summed E-state index contributed by atoms with van der Waals surface area (Å²) >= 11 is 0. The van der Waals surface area contributed by atoms with Gasteiger partial charge >= 0.3 is 0 Å². The van der Waals surface area contributed by atoms with Gasteiger partial charge in [0.1, 0.15) is 17.6 Å². The number of carbonyl (C=O) groups excluding carboxylic acids is 2. The van der Waals surface area contributed by atoms with Crippen molar-refractivity contribution in [3.8, 4) is 5.75 Å². The second kappa shape index (κ2) is 16.7. The minimum atomic E-state index is -3.59. The van der Waals surface area contributed by atoms with Crippen LogP contribution in [0.3, 0.4) is 0 Å². The summed E-state index contributed by atoms with van der Waals surface area (Å²) in [5, 5.41) is 3.03. The summed E-state index contributed by atoms with van der Waals surface area (Å²) in [4.78, 5) is 29.5. The Morgan fingerprint density at radius 2 is 1.41 bits per heavy atom. The number of ether oxygens (including phenoxy) is 1. The van der Waals surface area contributed by atoms with Crippen LogP contribution < -0.4 is 14.8 Å². The number of sulfonamides is 1. The fourth-order valence-electron chi connectivity index (χ4n) is 5.08. The fraction of sp³-hybridized carbons (Fsp3) is 0.278. The zero-order valence-corrected chi connectivity index (χ0v) is 26.9. The first-order valence-electron chi connectivity index (χ1n) is 15.3. The highest BCUT2D eigenvalue weighted by molar-refractivity contribution is 7.89. The second-order valence-electron chi connectivity index (χ2n) is 10.9. The summed E-state index contributed by atoms with van der Waals surface area (Å²) in [6.45, 7) is 2.47. The summed E-state index contributed by atoms with van der Waals surface area (Å²) in [6, 6.07) is 28.6. The number of hydrogen-bond donors (Lipinski definition) is 2. The first-order chi connectivity index (χ1) is 22.2. The van der Waals surface area contributed by atoms with Gasteiger partial charge < -0.3 is 15.0 Å². The molecule has 1 atom stereocenters. The largest absolute Gasteiger partial charge is 0.497 e.